The van der Waals surface area contributed by atoms with Gasteiger partial charge in [0.2, 0.25) is 0 Å². The van der Waals surface area contributed by atoms with Crippen molar-refractivity contribution in [2.24, 2.45) is 0 Å². The lowest BCUT2D eigenvalue weighted by Crippen LogP contribution is -2.45. The van der Waals surface area contributed by atoms with Gasteiger partial charge >= 0.3 is 0 Å². The van der Waals surface area contributed by atoms with E-state index in [0.717, 1.165) is 13.0 Å². The van der Waals surface area contributed by atoms with Gasteiger partial charge in [0.15, 0.2) is 0 Å². The number of hydrogen-bond acceptors (Lipinski definition) is 2. The summed E-state index contributed by atoms with van der Waals surface area (Å²) in [5.74, 6) is 0. The Labute approximate surface area is 94.7 Å². The van der Waals surface area contributed by atoms with Crippen LogP contribution in [-0.2, 0) is 0 Å². The minimum Gasteiger partial charge on any atom is -0.391 e. The molecule has 1 saturated carbocycles. The Morgan fingerprint density at radius 3 is 2.47 bits per heavy atom. The average molecular weight is 213 g/mol. The summed E-state index contributed by atoms with van der Waals surface area (Å²) in [6, 6.07) is 1.00. The van der Waals surface area contributed by atoms with Crippen LogP contribution in [0.2, 0.25) is 0 Å². The highest BCUT2D eigenvalue weighted by molar-refractivity contribution is 4.86. The highest BCUT2D eigenvalue weighted by Crippen LogP contribution is 2.26. The number of aliphatic hydroxyl groups excluding tert-OH is 1. The molecule has 1 rings (SSSR count). The fraction of sp³-hybridized carbons (Fsp3) is 1.00. The van der Waals surface area contributed by atoms with Crippen molar-refractivity contribution in [3.8, 4) is 0 Å². The Hall–Kier alpha value is -0.0800. The van der Waals surface area contributed by atoms with E-state index in [1.54, 1.807) is 0 Å². The van der Waals surface area contributed by atoms with Crippen LogP contribution >= 0.6 is 0 Å². The van der Waals surface area contributed by atoms with Crippen LogP contribution in [0.3, 0.4) is 0 Å². The first kappa shape index (κ1) is 13.0. The molecular formula is C13H27NO. The van der Waals surface area contributed by atoms with Gasteiger partial charge in [0, 0.05) is 12.1 Å². The third kappa shape index (κ3) is 3.76. The Kier molecular flexibility index (Phi) is 5.62. The number of rotatable bonds is 6. The van der Waals surface area contributed by atoms with Gasteiger partial charge in [0.1, 0.15) is 0 Å². The molecule has 0 bridgehead atoms. The molecule has 0 aromatic heterocycles. The molecule has 1 aliphatic carbocycles. The summed E-state index contributed by atoms with van der Waals surface area (Å²) in [4.78, 5) is 2.51. The first-order valence-electron chi connectivity index (χ1n) is 6.60. The van der Waals surface area contributed by atoms with Gasteiger partial charge in [-0.1, -0.05) is 19.8 Å². The maximum Gasteiger partial charge on any atom is 0.0695 e. The van der Waals surface area contributed by atoms with Crippen LogP contribution in [0.25, 0.3) is 0 Å². The molecule has 0 aromatic rings. The number of hydrogen-bond donors (Lipinski definition) is 1. The Balaban J connectivity index is 2.42. The van der Waals surface area contributed by atoms with Crippen molar-refractivity contribution in [1.29, 1.82) is 0 Å². The van der Waals surface area contributed by atoms with Gasteiger partial charge < -0.3 is 5.11 Å². The highest BCUT2D eigenvalue weighted by atomic mass is 16.3. The first-order valence-corrected chi connectivity index (χ1v) is 6.60. The van der Waals surface area contributed by atoms with Gasteiger partial charge in [0.05, 0.1) is 6.10 Å². The third-order valence-electron chi connectivity index (χ3n) is 3.55. The van der Waals surface area contributed by atoms with Crippen LogP contribution in [0.4, 0.5) is 0 Å². The van der Waals surface area contributed by atoms with Crippen LogP contribution in [-0.4, -0.2) is 34.7 Å². The van der Waals surface area contributed by atoms with Crippen LogP contribution in [0, 0.1) is 0 Å². The summed E-state index contributed by atoms with van der Waals surface area (Å²) in [6.07, 6.45) is 7.17. The third-order valence-corrected chi connectivity index (χ3v) is 3.55. The van der Waals surface area contributed by atoms with Crippen molar-refractivity contribution in [2.45, 2.75) is 77.5 Å². The molecule has 0 aliphatic heterocycles. The van der Waals surface area contributed by atoms with Gasteiger partial charge in [-0.15, -0.1) is 0 Å². The lowest BCUT2D eigenvalue weighted by Gasteiger charge is -2.34. The van der Waals surface area contributed by atoms with E-state index < -0.39 is 0 Å². The topological polar surface area (TPSA) is 23.5 Å². The maximum atomic E-state index is 9.92. The van der Waals surface area contributed by atoms with E-state index >= 15 is 0 Å². The molecule has 2 nitrogen and oxygen atoms in total. The fourth-order valence-corrected chi connectivity index (χ4v) is 2.66. The lowest BCUT2D eigenvalue weighted by molar-refractivity contribution is 0.0507. The minimum absolute atomic E-state index is 0.0750. The molecule has 0 spiro atoms. The molecule has 0 unspecified atom stereocenters. The van der Waals surface area contributed by atoms with Crippen LogP contribution in [0.1, 0.15) is 59.3 Å². The quantitative estimate of drug-likeness (QED) is 0.686. The molecule has 0 heterocycles. The normalized spacial score (nSPS) is 26.8. The average Bonchev–Trinajstić information content (AvgIpc) is 2.59. The van der Waals surface area contributed by atoms with E-state index in [0.29, 0.717) is 12.1 Å². The SMILES string of the molecule is CCCCCN(C(C)C)[C@H]1CCC[C@@H]1O. The van der Waals surface area contributed by atoms with E-state index in [1.165, 1.54) is 32.1 Å². The Morgan fingerprint density at radius 2 is 2.00 bits per heavy atom. The number of unbranched alkanes of at least 4 members (excludes halogenated alkanes) is 2. The summed E-state index contributed by atoms with van der Waals surface area (Å²) in [6.45, 7) is 7.89. The van der Waals surface area contributed by atoms with E-state index in [2.05, 4.69) is 25.7 Å². The van der Waals surface area contributed by atoms with Gasteiger partial charge in [-0.25, -0.2) is 0 Å². The number of aliphatic hydroxyl groups is 1. The van der Waals surface area contributed by atoms with Gasteiger partial charge in [-0.2, -0.15) is 0 Å². The van der Waals surface area contributed by atoms with Gasteiger partial charge in [0.25, 0.3) is 0 Å². The predicted molar refractivity (Wildman–Crippen MR) is 65.0 cm³/mol. The zero-order chi connectivity index (χ0) is 11.3. The monoisotopic (exact) mass is 213 g/mol. The summed E-state index contributed by atoms with van der Waals surface area (Å²) < 4.78 is 0. The van der Waals surface area contributed by atoms with Gasteiger partial charge in [-0.3, -0.25) is 4.90 Å². The molecule has 2 heteroatoms. The summed E-state index contributed by atoms with van der Waals surface area (Å²) in [5.41, 5.74) is 0. The molecule has 90 valence electrons. The van der Waals surface area contributed by atoms with Crippen LogP contribution in [0.5, 0.6) is 0 Å². The second kappa shape index (κ2) is 6.49. The van der Waals surface area contributed by atoms with Crippen molar-refractivity contribution in [1.82, 2.24) is 4.90 Å². The van der Waals surface area contributed by atoms with E-state index in [1.807, 2.05) is 0 Å². The summed E-state index contributed by atoms with van der Waals surface area (Å²) >= 11 is 0. The zero-order valence-electron chi connectivity index (χ0n) is 10.6. The molecule has 15 heavy (non-hydrogen) atoms. The van der Waals surface area contributed by atoms with E-state index in [9.17, 15) is 5.11 Å². The smallest absolute Gasteiger partial charge is 0.0695 e. The van der Waals surface area contributed by atoms with Crippen molar-refractivity contribution in [2.75, 3.05) is 6.54 Å². The second-order valence-electron chi connectivity index (χ2n) is 5.10. The molecule has 0 radical (unpaired) electrons. The second-order valence-corrected chi connectivity index (χ2v) is 5.10. The van der Waals surface area contributed by atoms with Crippen molar-refractivity contribution in [3.63, 3.8) is 0 Å². The lowest BCUT2D eigenvalue weighted by atomic mass is 10.1. The summed E-state index contributed by atoms with van der Waals surface area (Å²) in [7, 11) is 0. The minimum atomic E-state index is -0.0750. The zero-order valence-corrected chi connectivity index (χ0v) is 10.6. The van der Waals surface area contributed by atoms with E-state index in [4.69, 9.17) is 0 Å². The molecule has 1 N–H and O–H groups in total. The molecular weight excluding hydrogens is 186 g/mol. The van der Waals surface area contributed by atoms with Crippen molar-refractivity contribution in [3.05, 3.63) is 0 Å². The molecule has 1 aliphatic rings. The maximum absolute atomic E-state index is 9.92. The highest BCUT2D eigenvalue weighted by Gasteiger charge is 2.31. The molecule has 0 aromatic carbocycles. The molecule has 0 amide bonds. The predicted octanol–water partition coefficient (Wildman–Crippen LogP) is 2.80. The van der Waals surface area contributed by atoms with Gasteiger partial charge in [-0.05, 0) is 46.1 Å². The first-order chi connectivity index (χ1) is 7.16. The molecule has 0 saturated heterocycles. The Bertz CT molecular complexity index is 170. The van der Waals surface area contributed by atoms with Crippen LogP contribution < -0.4 is 0 Å². The fourth-order valence-electron chi connectivity index (χ4n) is 2.66. The van der Waals surface area contributed by atoms with Crippen molar-refractivity contribution < 1.29 is 5.11 Å². The van der Waals surface area contributed by atoms with Crippen LogP contribution in [0.15, 0.2) is 0 Å². The van der Waals surface area contributed by atoms with Crippen molar-refractivity contribution >= 4 is 0 Å². The largest absolute Gasteiger partial charge is 0.391 e. The van der Waals surface area contributed by atoms with E-state index in [-0.39, 0.29) is 6.10 Å². The Morgan fingerprint density at radius 1 is 1.27 bits per heavy atom. The summed E-state index contributed by atoms with van der Waals surface area (Å²) in [5, 5.41) is 9.92. The standard InChI is InChI=1S/C13H27NO/c1-4-5-6-10-14(11(2)3)12-8-7-9-13(12)15/h11-13,15H,4-10H2,1-3H3/t12-,13-/m0/s1. The molecule has 2 atom stereocenters. The molecule has 1 fully saturated rings. The number of nitrogens with zero attached hydrogens (tertiary/aromatic N) is 1.